The van der Waals surface area contributed by atoms with E-state index in [0.717, 1.165) is 17.7 Å². The first kappa shape index (κ1) is 15.8. The zero-order chi connectivity index (χ0) is 15.8. The van der Waals surface area contributed by atoms with Crippen LogP contribution in [0.2, 0.25) is 5.02 Å². The highest BCUT2D eigenvalue weighted by atomic mass is 35.5. The zero-order valence-corrected chi connectivity index (χ0v) is 11.8. The molecule has 21 heavy (non-hydrogen) atoms. The Morgan fingerprint density at radius 3 is 2.29 bits per heavy atom. The predicted octanol–water partition coefficient (Wildman–Crippen LogP) is 4.85. The molecule has 0 saturated carbocycles. The fourth-order valence-corrected chi connectivity index (χ4v) is 2.37. The van der Waals surface area contributed by atoms with Gasteiger partial charge in [-0.05, 0) is 41.8 Å². The Hall–Kier alpha value is -1.59. The van der Waals surface area contributed by atoms with Gasteiger partial charge >= 0.3 is 6.18 Å². The van der Waals surface area contributed by atoms with Gasteiger partial charge in [-0.15, -0.1) is 0 Å². The van der Waals surface area contributed by atoms with Gasteiger partial charge in [0.05, 0.1) is 11.6 Å². The van der Waals surface area contributed by atoms with Crippen molar-refractivity contribution in [2.45, 2.75) is 19.1 Å². The van der Waals surface area contributed by atoms with Gasteiger partial charge in [-0.3, -0.25) is 0 Å². The normalized spacial score (nSPS) is 13.3. The van der Waals surface area contributed by atoms with E-state index < -0.39 is 23.6 Å². The van der Waals surface area contributed by atoms with E-state index in [1.54, 1.807) is 18.2 Å². The van der Waals surface area contributed by atoms with Crippen LogP contribution in [-0.2, 0) is 6.18 Å². The van der Waals surface area contributed by atoms with Crippen molar-refractivity contribution in [1.82, 2.24) is 0 Å². The molecular formula is C15H12ClF4N. The molecule has 0 aliphatic heterocycles. The molecule has 0 aliphatic rings. The molecule has 0 amide bonds. The summed E-state index contributed by atoms with van der Waals surface area (Å²) in [5, 5.41) is 0.391. The van der Waals surface area contributed by atoms with Crippen molar-refractivity contribution in [2.75, 3.05) is 0 Å². The van der Waals surface area contributed by atoms with E-state index in [2.05, 4.69) is 0 Å². The largest absolute Gasteiger partial charge is 0.419 e. The Bertz CT molecular complexity index is 667. The van der Waals surface area contributed by atoms with Crippen LogP contribution in [0.1, 0.15) is 28.3 Å². The highest BCUT2D eigenvalue weighted by Gasteiger charge is 2.34. The minimum Gasteiger partial charge on any atom is -0.320 e. The molecule has 0 saturated heterocycles. The molecule has 0 aliphatic carbocycles. The topological polar surface area (TPSA) is 26.0 Å². The number of hydrogen-bond acceptors (Lipinski definition) is 1. The van der Waals surface area contributed by atoms with Crippen molar-refractivity contribution >= 4 is 11.6 Å². The molecule has 0 radical (unpaired) electrons. The van der Waals surface area contributed by atoms with E-state index in [0.29, 0.717) is 16.7 Å². The van der Waals surface area contributed by atoms with Crippen molar-refractivity contribution in [2.24, 2.45) is 5.73 Å². The second-order valence-electron chi connectivity index (χ2n) is 4.74. The summed E-state index contributed by atoms with van der Waals surface area (Å²) >= 11 is 6.06. The molecule has 2 N–H and O–H groups in total. The van der Waals surface area contributed by atoms with E-state index in [1.807, 2.05) is 6.92 Å². The van der Waals surface area contributed by atoms with Crippen LogP contribution in [0.4, 0.5) is 17.6 Å². The first-order chi connectivity index (χ1) is 9.70. The van der Waals surface area contributed by atoms with Crippen LogP contribution in [0.15, 0.2) is 36.4 Å². The summed E-state index contributed by atoms with van der Waals surface area (Å²) in [6.07, 6.45) is -4.73. The Kier molecular flexibility index (Phi) is 4.25. The molecular weight excluding hydrogens is 306 g/mol. The molecule has 2 aromatic carbocycles. The van der Waals surface area contributed by atoms with Crippen molar-refractivity contribution in [3.8, 4) is 0 Å². The molecule has 6 heteroatoms. The molecule has 1 nitrogen and oxygen atoms in total. The van der Waals surface area contributed by atoms with Crippen molar-refractivity contribution in [1.29, 1.82) is 0 Å². The smallest absolute Gasteiger partial charge is 0.320 e. The van der Waals surface area contributed by atoms with Crippen LogP contribution >= 0.6 is 11.6 Å². The predicted molar refractivity (Wildman–Crippen MR) is 73.6 cm³/mol. The SMILES string of the molecule is Cc1ccc(C(N)c2ccc(C(F)(F)F)c(F)c2)c(Cl)c1. The Morgan fingerprint density at radius 2 is 1.76 bits per heavy atom. The van der Waals surface area contributed by atoms with E-state index in [-0.39, 0.29) is 5.56 Å². The number of rotatable bonds is 2. The van der Waals surface area contributed by atoms with E-state index >= 15 is 0 Å². The van der Waals surface area contributed by atoms with Crippen molar-refractivity contribution < 1.29 is 17.6 Å². The first-order valence-corrected chi connectivity index (χ1v) is 6.46. The fourth-order valence-electron chi connectivity index (χ4n) is 2.02. The standard InChI is InChI=1S/C15H12ClF4N/c1-8-2-4-10(12(16)6-8)14(21)9-3-5-11(13(17)7-9)15(18,19)20/h2-7,14H,21H2,1H3. The van der Waals surface area contributed by atoms with Gasteiger partial charge in [0, 0.05) is 5.02 Å². The van der Waals surface area contributed by atoms with Crippen molar-refractivity contribution in [3.63, 3.8) is 0 Å². The minimum absolute atomic E-state index is 0.228. The number of hydrogen-bond donors (Lipinski definition) is 1. The summed E-state index contributed by atoms with van der Waals surface area (Å²) in [5.74, 6) is -1.35. The summed E-state index contributed by atoms with van der Waals surface area (Å²) in [4.78, 5) is 0. The van der Waals surface area contributed by atoms with Crippen LogP contribution in [-0.4, -0.2) is 0 Å². The number of aryl methyl sites for hydroxylation is 1. The minimum atomic E-state index is -4.73. The Morgan fingerprint density at radius 1 is 1.10 bits per heavy atom. The fraction of sp³-hybridized carbons (Fsp3) is 0.200. The molecule has 2 aromatic rings. The van der Waals surface area contributed by atoms with Gasteiger partial charge in [0.1, 0.15) is 5.82 Å². The molecule has 0 heterocycles. The van der Waals surface area contributed by atoms with Crippen molar-refractivity contribution in [3.05, 3.63) is 69.5 Å². The van der Waals surface area contributed by atoms with E-state index in [1.165, 1.54) is 0 Å². The van der Waals surface area contributed by atoms with Gasteiger partial charge < -0.3 is 5.73 Å². The Labute approximate surface area is 124 Å². The molecule has 0 spiro atoms. The average Bonchev–Trinajstić information content (AvgIpc) is 2.36. The first-order valence-electron chi connectivity index (χ1n) is 6.08. The number of alkyl halides is 3. The third kappa shape index (κ3) is 3.36. The highest BCUT2D eigenvalue weighted by molar-refractivity contribution is 6.31. The third-order valence-electron chi connectivity index (χ3n) is 3.15. The zero-order valence-electron chi connectivity index (χ0n) is 11.0. The average molecular weight is 318 g/mol. The maximum absolute atomic E-state index is 13.6. The van der Waals surface area contributed by atoms with Crippen LogP contribution in [0.3, 0.4) is 0 Å². The van der Waals surface area contributed by atoms with Gasteiger partial charge in [-0.2, -0.15) is 13.2 Å². The summed E-state index contributed by atoms with van der Waals surface area (Å²) in [5.41, 5.74) is 6.33. The lowest BCUT2D eigenvalue weighted by Gasteiger charge is -2.16. The number of nitrogens with two attached hydrogens (primary N) is 1. The molecule has 1 atom stereocenters. The molecule has 0 bridgehead atoms. The van der Waals surface area contributed by atoms with E-state index in [9.17, 15) is 17.6 Å². The molecule has 0 fully saturated rings. The van der Waals surface area contributed by atoms with Gasteiger partial charge in [0.2, 0.25) is 0 Å². The lowest BCUT2D eigenvalue weighted by atomic mass is 9.97. The highest BCUT2D eigenvalue weighted by Crippen LogP contribution is 2.34. The maximum atomic E-state index is 13.6. The summed E-state index contributed by atoms with van der Waals surface area (Å²) in [7, 11) is 0. The molecule has 2 rings (SSSR count). The number of benzene rings is 2. The van der Waals surface area contributed by atoms with Crippen LogP contribution in [0.25, 0.3) is 0 Å². The van der Waals surface area contributed by atoms with Gasteiger partial charge in [0.15, 0.2) is 0 Å². The monoisotopic (exact) mass is 317 g/mol. The lowest BCUT2D eigenvalue weighted by molar-refractivity contribution is -0.140. The van der Waals surface area contributed by atoms with Gasteiger partial charge in [-0.25, -0.2) is 4.39 Å². The molecule has 0 aromatic heterocycles. The van der Waals surface area contributed by atoms with Gasteiger partial charge in [0.25, 0.3) is 0 Å². The number of halogens is 5. The van der Waals surface area contributed by atoms with E-state index in [4.69, 9.17) is 17.3 Å². The quantitative estimate of drug-likeness (QED) is 0.787. The summed E-state index contributed by atoms with van der Waals surface area (Å²) in [6, 6.07) is 6.99. The van der Waals surface area contributed by atoms with Crippen LogP contribution in [0.5, 0.6) is 0 Å². The van der Waals surface area contributed by atoms with Crippen LogP contribution in [0, 0.1) is 12.7 Å². The second-order valence-corrected chi connectivity index (χ2v) is 5.15. The van der Waals surface area contributed by atoms with Gasteiger partial charge in [-0.1, -0.05) is 29.8 Å². The lowest BCUT2D eigenvalue weighted by Crippen LogP contribution is -2.15. The summed E-state index contributed by atoms with van der Waals surface area (Å²) < 4.78 is 51.1. The molecule has 1 unspecified atom stereocenters. The Balaban J connectivity index is 2.40. The molecule has 112 valence electrons. The summed E-state index contributed by atoms with van der Waals surface area (Å²) in [6.45, 7) is 1.85. The van der Waals surface area contributed by atoms with Crippen LogP contribution < -0.4 is 5.73 Å². The second kappa shape index (κ2) is 5.66. The third-order valence-corrected chi connectivity index (χ3v) is 3.48. The maximum Gasteiger partial charge on any atom is 0.419 e.